The van der Waals surface area contributed by atoms with Crippen LogP contribution in [0.1, 0.15) is 64.2 Å². The van der Waals surface area contributed by atoms with Crippen LogP contribution in [0.3, 0.4) is 0 Å². The summed E-state index contributed by atoms with van der Waals surface area (Å²) in [5, 5.41) is 0. The molecule has 0 aromatic carbocycles. The molecule has 0 N–H and O–H groups in total. The Bertz CT molecular complexity index is 321. The van der Waals surface area contributed by atoms with E-state index in [0.717, 1.165) is 32.5 Å². The van der Waals surface area contributed by atoms with Crippen molar-refractivity contribution >= 4 is 6.29 Å². The van der Waals surface area contributed by atoms with Gasteiger partial charge in [0.15, 0.2) is 0 Å². The van der Waals surface area contributed by atoms with Crippen LogP contribution in [0.2, 0.25) is 0 Å². The van der Waals surface area contributed by atoms with Gasteiger partial charge in [-0.1, -0.05) is 38.5 Å². The number of rotatable bonds is 3. The van der Waals surface area contributed by atoms with E-state index in [1.165, 1.54) is 57.7 Å². The number of ether oxygens (including phenoxy) is 1. The van der Waals surface area contributed by atoms with Gasteiger partial charge < -0.3 is 9.53 Å². The lowest BCUT2D eigenvalue weighted by Gasteiger charge is -2.46. The van der Waals surface area contributed by atoms with Gasteiger partial charge in [-0.05, 0) is 25.7 Å². The Kier molecular flexibility index (Phi) is 4.77. The number of carbonyl (C=O) groups excluding carboxylic acids is 1. The van der Waals surface area contributed by atoms with Crippen molar-refractivity contribution in [2.24, 2.45) is 5.41 Å². The van der Waals surface area contributed by atoms with Gasteiger partial charge in [0.2, 0.25) is 0 Å². The Hall–Kier alpha value is -0.410. The van der Waals surface area contributed by atoms with Crippen LogP contribution in [0.25, 0.3) is 0 Å². The highest BCUT2D eigenvalue weighted by molar-refractivity contribution is 5.59. The van der Waals surface area contributed by atoms with Gasteiger partial charge in [0.05, 0.1) is 12.7 Å². The minimum atomic E-state index is -0.0597. The molecule has 2 aliphatic carbocycles. The van der Waals surface area contributed by atoms with Crippen molar-refractivity contribution in [3.8, 4) is 0 Å². The van der Waals surface area contributed by atoms with E-state index in [-0.39, 0.29) is 5.41 Å². The molecule has 3 aliphatic rings. The molecule has 3 rings (SSSR count). The number of nitrogens with zero attached hydrogens (tertiary/aromatic N) is 1. The summed E-state index contributed by atoms with van der Waals surface area (Å²) >= 11 is 0. The normalized spacial score (nSPS) is 35.0. The van der Waals surface area contributed by atoms with Gasteiger partial charge in [0.1, 0.15) is 6.29 Å². The van der Waals surface area contributed by atoms with E-state index < -0.39 is 0 Å². The zero-order valence-electron chi connectivity index (χ0n) is 12.7. The molecule has 0 radical (unpaired) electrons. The predicted octanol–water partition coefficient (Wildman–Crippen LogP) is 3.17. The SMILES string of the molecule is O=CC1(CN2CCOC3CCCCC32)CCCCCC1. The largest absolute Gasteiger partial charge is 0.375 e. The summed E-state index contributed by atoms with van der Waals surface area (Å²) in [6.45, 7) is 2.87. The Morgan fingerprint density at radius 1 is 1.05 bits per heavy atom. The lowest BCUT2D eigenvalue weighted by atomic mass is 9.80. The molecule has 3 heteroatoms. The van der Waals surface area contributed by atoms with Crippen molar-refractivity contribution in [1.29, 1.82) is 0 Å². The quantitative estimate of drug-likeness (QED) is 0.587. The number of aldehydes is 1. The fourth-order valence-corrected chi connectivity index (χ4v) is 4.52. The van der Waals surface area contributed by atoms with E-state index in [9.17, 15) is 4.79 Å². The Morgan fingerprint density at radius 2 is 1.80 bits per heavy atom. The van der Waals surface area contributed by atoms with Crippen LogP contribution in [-0.4, -0.2) is 43.0 Å². The first kappa shape index (κ1) is 14.5. The maximum Gasteiger partial charge on any atom is 0.127 e. The topological polar surface area (TPSA) is 29.5 Å². The van der Waals surface area contributed by atoms with Crippen LogP contribution in [0.15, 0.2) is 0 Å². The van der Waals surface area contributed by atoms with Crippen LogP contribution in [0, 0.1) is 5.41 Å². The zero-order valence-corrected chi connectivity index (χ0v) is 12.7. The second-order valence-corrected chi connectivity index (χ2v) is 7.13. The summed E-state index contributed by atoms with van der Waals surface area (Å²) in [7, 11) is 0. The summed E-state index contributed by atoms with van der Waals surface area (Å²) in [4.78, 5) is 14.4. The van der Waals surface area contributed by atoms with Gasteiger partial charge in [0.25, 0.3) is 0 Å². The third-order valence-corrected chi connectivity index (χ3v) is 5.71. The van der Waals surface area contributed by atoms with Gasteiger partial charge in [-0.2, -0.15) is 0 Å². The number of carbonyl (C=O) groups is 1. The average Bonchev–Trinajstić information content (AvgIpc) is 2.74. The van der Waals surface area contributed by atoms with Crippen LogP contribution in [0.5, 0.6) is 0 Å². The van der Waals surface area contributed by atoms with E-state index >= 15 is 0 Å². The van der Waals surface area contributed by atoms with Crippen molar-refractivity contribution in [1.82, 2.24) is 4.90 Å². The predicted molar refractivity (Wildman–Crippen MR) is 79.8 cm³/mol. The molecule has 0 spiro atoms. The van der Waals surface area contributed by atoms with Crippen molar-refractivity contribution in [3.63, 3.8) is 0 Å². The van der Waals surface area contributed by atoms with Gasteiger partial charge >= 0.3 is 0 Å². The molecule has 3 fully saturated rings. The molecule has 0 bridgehead atoms. The smallest absolute Gasteiger partial charge is 0.127 e. The first-order valence-corrected chi connectivity index (χ1v) is 8.65. The highest BCUT2D eigenvalue weighted by atomic mass is 16.5. The van der Waals surface area contributed by atoms with E-state index in [2.05, 4.69) is 4.90 Å². The van der Waals surface area contributed by atoms with E-state index in [0.29, 0.717) is 12.1 Å². The Balaban J connectivity index is 1.68. The van der Waals surface area contributed by atoms with E-state index in [4.69, 9.17) is 4.74 Å². The third-order valence-electron chi connectivity index (χ3n) is 5.71. The zero-order chi connectivity index (χ0) is 13.8. The highest BCUT2D eigenvalue weighted by Gasteiger charge is 2.39. The van der Waals surface area contributed by atoms with E-state index in [1.54, 1.807) is 0 Å². The van der Waals surface area contributed by atoms with Crippen molar-refractivity contribution in [3.05, 3.63) is 0 Å². The number of hydrogen-bond donors (Lipinski definition) is 0. The number of morpholine rings is 1. The number of fused-ring (bicyclic) bond motifs is 1. The first-order chi connectivity index (χ1) is 9.83. The lowest BCUT2D eigenvalue weighted by molar-refractivity contribution is -0.125. The fourth-order valence-electron chi connectivity index (χ4n) is 4.52. The molecule has 0 aromatic rings. The molecule has 0 amide bonds. The standard InChI is InChI=1S/C17H29NO2/c19-14-17(9-5-1-2-6-10-17)13-18-11-12-20-16-8-4-3-7-15(16)18/h14-16H,1-13H2. The van der Waals surface area contributed by atoms with Gasteiger partial charge in [-0.3, -0.25) is 4.90 Å². The molecule has 3 nitrogen and oxygen atoms in total. The van der Waals surface area contributed by atoms with Crippen molar-refractivity contribution in [2.75, 3.05) is 19.7 Å². The van der Waals surface area contributed by atoms with Crippen LogP contribution in [0.4, 0.5) is 0 Å². The molecule has 2 atom stereocenters. The molecule has 2 unspecified atom stereocenters. The minimum absolute atomic E-state index is 0.0597. The summed E-state index contributed by atoms with van der Waals surface area (Å²) in [5.74, 6) is 0. The van der Waals surface area contributed by atoms with Crippen molar-refractivity contribution in [2.45, 2.75) is 76.4 Å². The van der Waals surface area contributed by atoms with Gasteiger partial charge in [0, 0.05) is 24.5 Å². The second-order valence-electron chi connectivity index (χ2n) is 7.13. The van der Waals surface area contributed by atoms with Gasteiger partial charge in [-0.15, -0.1) is 0 Å². The maximum atomic E-state index is 11.8. The molecular weight excluding hydrogens is 250 g/mol. The summed E-state index contributed by atoms with van der Waals surface area (Å²) in [6, 6.07) is 0.581. The molecule has 20 heavy (non-hydrogen) atoms. The molecular formula is C17H29NO2. The molecule has 1 aliphatic heterocycles. The minimum Gasteiger partial charge on any atom is -0.375 e. The third kappa shape index (κ3) is 3.09. The molecule has 1 heterocycles. The monoisotopic (exact) mass is 279 g/mol. The maximum absolute atomic E-state index is 11.8. The van der Waals surface area contributed by atoms with Crippen LogP contribution in [-0.2, 0) is 9.53 Å². The van der Waals surface area contributed by atoms with Gasteiger partial charge in [-0.25, -0.2) is 0 Å². The van der Waals surface area contributed by atoms with E-state index in [1.807, 2.05) is 0 Å². The molecule has 0 aromatic heterocycles. The number of hydrogen-bond acceptors (Lipinski definition) is 3. The van der Waals surface area contributed by atoms with Crippen LogP contribution < -0.4 is 0 Å². The average molecular weight is 279 g/mol. The van der Waals surface area contributed by atoms with Crippen LogP contribution >= 0.6 is 0 Å². The van der Waals surface area contributed by atoms with Crippen molar-refractivity contribution < 1.29 is 9.53 Å². The Morgan fingerprint density at radius 3 is 2.55 bits per heavy atom. The molecule has 2 saturated carbocycles. The lowest BCUT2D eigenvalue weighted by Crippen LogP contribution is -2.55. The summed E-state index contributed by atoms with van der Waals surface area (Å²) in [5.41, 5.74) is -0.0597. The summed E-state index contributed by atoms with van der Waals surface area (Å²) < 4.78 is 5.96. The second kappa shape index (κ2) is 6.57. The highest BCUT2D eigenvalue weighted by Crippen LogP contribution is 2.37. The first-order valence-electron chi connectivity index (χ1n) is 8.65. The molecule has 1 saturated heterocycles. The summed E-state index contributed by atoms with van der Waals surface area (Å²) in [6.07, 6.45) is 14.1. The molecule has 114 valence electrons. The Labute approximate surface area is 123 Å². The fraction of sp³-hybridized carbons (Fsp3) is 0.941.